The number of nitrogens with one attached hydrogen (secondary N) is 1. The second-order valence-corrected chi connectivity index (χ2v) is 4.51. The Morgan fingerprint density at radius 2 is 2.16 bits per heavy atom. The van der Waals surface area contributed by atoms with E-state index in [2.05, 4.69) is 0 Å². The molecule has 10 nitrogen and oxygen atoms in total. The van der Waals surface area contributed by atoms with Crippen molar-refractivity contribution in [3.05, 3.63) is 10.1 Å². The van der Waals surface area contributed by atoms with Gasteiger partial charge in [-0.3, -0.25) is 19.7 Å². The molecule has 1 saturated carbocycles. The fourth-order valence-electron chi connectivity index (χ4n) is 2.94. The van der Waals surface area contributed by atoms with Gasteiger partial charge in [-0.25, -0.2) is 0 Å². The van der Waals surface area contributed by atoms with Crippen LogP contribution in [0.25, 0.3) is 0 Å². The van der Waals surface area contributed by atoms with Gasteiger partial charge in [-0.15, -0.1) is 0 Å². The van der Waals surface area contributed by atoms with Crippen LogP contribution in [0.15, 0.2) is 0 Å². The highest BCUT2D eigenvalue weighted by Gasteiger charge is 2.95. The minimum atomic E-state index is -2.44. The largest absolute Gasteiger partial charge is 0.368 e. The summed E-state index contributed by atoms with van der Waals surface area (Å²) in [7, 11) is 0. The van der Waals surface area contributed by atoms with Crippen molar-refractivity contribution in [3.8, 4) is 12.1 Å². The molecule has 2 amide bonds. The van der Waals surface area contributed by atoms with Gasteiger partial charge in [0.15, 0.2) is 10.8 Å². The fourth-order valence-corrected chi connectivity index (χ4v) is 2.94. The minimum Gasteiger partial charge on any atom is -0.368 e. The van der Waals surface area contributed by atoms with Crippen LogP contribution in [0.2, 0.25) is 0 Å². The molecule has 0 spiro atoms. The molecule has 1 aliphatic heterocycles. The third kappa shape index (κ3) is 1.07. The Kier molecular flexibility index (Phi) is 2.13. The lowest BCUT2D eigenvalue weighted by Crippen LogP contribution is -2.55. The number of aliphatic hydroxyl groups is 1. The van der Waals surface area contributed by atoms with Crippen LogP contribution in [0.3, 0.4) is 0 Å². The Morgan fingerprint density at radius 1 is 1.58 bits per heavy atom. The zero-order chi connectivity index (χ0) is 14.6. The Morgan fingerprint density at radius 3 is 2.47 bits per heavy atom. The van der Waals surface area contributed by atoms with Crippen molar-refractivity contribution in [2.75, 3.05) is 6.54 Å². The number of primary amides is 1. The first-order chi connectivity index (χ1) is 8.73. The lowest BCUT2D eigenvalue weighted by molar-refractivity contribution is -0.503. The normalized spacial score (nSPS) is 42.5. The second kappa shape index (κ2) is 3.18. The van der Waals surface area contributed by atoms with Crippen molar-refractivity contribution in [3.63, 3.8) is 0 Å². The zero-order valence-electron chi connectivity index (χ0n) is 9.28. The fraction of sp³-hybridized carbons (Fsp3) is 0.556. The van der Waals surface area contributed by atoms with Gasteiger partial charge >= 0.3 is 0 Å². The van der Waals surface area contributed by atoms with E-state index in [0.29, 0.717) is 0 Å². The van der Waals surface area contributed by atoms with E-state index in [1.54, 1.807) is 0 Å². The van der Waals surface area contributed by atoms with Crippen molar-refractivity contribution in [2.24, 2.45) is 22.5 Å². The molecule has 0 aromatic heterocycles. The predicted molar refractivity (Wildman–Crippen MR) is 53.7 cm³/mol. The van der Waals surface area contributed by atoms with Gasteiger partial charge < -0.3 is 16.2 Å². The van der Waals surface area contributed by atoms with Crippen LogP contribution in [-0.2, 0) is 9.59 Å². The minimum absolute atomic E-state index is 0.921. The summed E-state index contributed by atoms with van der Waals surface area (Å²) < 4.78 is 0. The van der Waals surface area contributed by atoms with Gasteiger partial charge in [0, 0.05) is 4.92 Å². The van der Waals surface area contributed by atoms with E-state index in [1.807, 2.05) is 5.32 Å². The molecule has 1 heterocycles. The van der Waals surface area contributed by atoms with Crippen molar-refractivity contribution in [1.82, 2.24) is 5.32 Å². The average Bonchev–Trinajstić information content (AvgIpc) is 2.86. The van der Waals surface area contributed by atoms with E-state index in [9.17, 15) is 24.8 Å². The lowest BCUT2D eigenvalue weighted by Gasteiger charge is -2.23. The van der Waals surface area contributed by atoms with E-state index in [1.165, 1.54) is 12.1 Å². The summed E-state index contributed by atoms with van der Waals surface area (Å²) in [6.07, 6.45) is 0. The summed E-state index contributed by atoms with van der Waals surface area (Å²) in [5, 5.41) is 40.6. The molecule has 98 valence electrons. The van der Waals surface area contributed by atoms with Crippen LogP contribution < -0.4 is 11.1 Å². The molecule has 19 heavy (non-hydrogen) atoms. The maximum atomic E-state index is 11.8. The van der Waals surface area contributed by atoms with Gasteiger partial charge in [-0.05, 0) is 0 Å². The number of amides is 2. The summed E-state index contributed by atoms with van der Waals surface area (Å²) in [6, 6.07) is 2.96. The van der Waals surface area contributed by atoms with Gasteiger partial charge in [0.1, 0.15) is 0 Å². The summed E-state index contributed by atoms with van der Waals surface area (Å²) in [6.45, 7) is -1.14. The third-order valence-electron chi connectivity index (χ3n) is 3.68. The van der Waals surface area contributed by atoms with Gasteiger partial charge in [-0.2, -0.15) is 10.5 Å². The molecular weight excluding hydrogens is 258 g/mol. The van der Waals surface area contributed by atoms with Crippen LogP contribution in [0.5, 0.6) is 0 Å². The van der Waals surface area contributed by atoms with Crippen LogP contribution in [0.1, 0.15) is 0 Å². The summed E-state index contributed by atoms with van der Waals surface area (Å²) in [4.78, 5) is 32.8. The first kappa shape index (κ1) is 12.7. The highest BCUT2D eigenvalue weighted by molar-refractivity contribution is 6.07. The molecule has 2 rings (SSSR count). The predicted octanol–water partition coefficient (Wildman–Crippen LogP) is -2.78. The first-order valence-corrected chi connectivity index (χ1v) is 5.02. The number of rotatable bonds is 3. The van der Waals surface area contributed by atoms with E-state index >= 15 is 0 Å². The Bertz CT molecular complexity index is 585. The molecule has 1 saturated heterocycles. The van der Waals surface area contributed by atoms with Crippen molar-refractivity contribution < 1.29 is 19.6 Å². The van der Waals surface area contributed by atoms with Crippen molar-refractivity contribution >= 4 is 11.8 Å². The number of nitro groups is 1. The molecule has 2 aliphatic rings. The quantitative estimate of drug-likeness (QED) is 0.363. The summed E-state index contributed by atoms with van der Waals surface area (Å²) in [5.74, 6) is -3.93. The third-order valence-corrected chi connectivity index (χ3v) is 3.68. The van der Waals surface area contributed by atoms with E-state index in [0.717, 1.165) is 0 Å². The maximum Gasteiger partial charge on any atom is 0.251 e. The molecule has 1 aliphatic carbocycles. The topological polar surface area (TPSA) is 183 Å². The number of hydrogen-bond acceptors (Lipinski definition) is 7. The van der Waals surface area contributed by atoms with Crippen molar-refractivity contribution in [1.29, 1.82) is 10.5 Å². The van der Waals surface area contributed by atoms with Crippen LogP contribution in [0, 0.1) is 49.5 Å². The number of carbonyl (C=O) groups excluding carboxylic acids is 2. The molecule has 4 atom stereocenters. The van der Waals surface area contributed by atoms with Crippen LogP contribution in [0.4, 0.5) is 0 Å². The molecule has 10 heteroatoms. The van der Waals surface area contributed by atoms with Gasteiger partial charge in [0.25, 0.3) is 6.54 Å². The van der Waals surface area contributed by atoms with Crippen molar-refractivity contribution in [2.45, 2.75) is 5.72 Å². The molecular formula is C9H7N5O5. The molecule has 4 N–H and O–H groups in total. The number of piperidine rings is 1. The molecule has 2 fully saturated rings. The Labute approximate surface area is 105 Å². The first-order valence-electron chi connectivity index (χ1n) is 5.02. The zero-order valence-corrected chi connectivity index (χ0v) is 9.28. The standard InChI is InChI=1S/C9H7N5O5/c10-1-7(5(12)15)4-8(7,2-11)6(16)13-9(4,17)3-14(18)19/h4,17H,3H2,(H2,12,15)(H,13,16)/t4-,7+,8+,9+/m0/s1. The number of nitriles is 2. The molecule has 0 bridgehead atoms. The second-order valence-electron chi connectivity index (χ2n) is 4.51. The number of nitrogens with zero attached hydrogens (tertiary/aromatic N) is 3. The van der Waals surface area contributed by atoms with Crippen LogP contribution >= 0.6 is 0 Å². The number of fused-ring (bicyclic) bond motifs is 1. The van der Waals surface area contributed by atoms with Gasteiger partial charge in [-0.1, -0.05) is 0 Å². The van der Waals surface area contributed by atoms with Crippen LogP contribution in [-0.4, -0.2) is 34.1 Å². The Hall–Kier alpha value is -2.72. The Balaban J connectivity index is 2.60. The number of hydrogen-bond donors (Lipinski definition) is 3. The summed E-state index contributed by atoms with van der Waals surface area (Å²) in [5.41, 5.74) is -1.82. The smallest absolute Gasteiger partial charge is 0.251 e. The lowest BCUT2D eigenvalue weighted by atomic mass is 9.92. The van der Waals surface area contributed by atoms with E-state index in [4.69, 9.17) is 16.3 Å². The SMILES string of the molecule is N#C[C@]1(C(N)=O)[C@H]2[C@]1(C#N)C(=O)N[C@@]2(O)C[N+](=O)[O-]. The number of nitrogens with two attached hydrogens (primary N) is 1. The molecule has 0 radical (unpaired) electrons. The molecule has 0 aromatic carbocycles. The molecule has 0 aromatic rings. The molecule has 0 unspecified atom stereocenters. The highest BCUT2D eigenvalue weighted by Crippen LogP contribution is 2.74. The summed E-state index contributed by atoms with van der Waals surface area (Å²) >= 11 is 0. The van der Waals surface area contributed by atoms with E-state index in [-0.39, 0.29) is 0 Å². The highest BCUT2D eigenvalue weighted by atomic mass is 16.6. The van der Waals surface area contributed by atoms with Gasteiger partial charge in [0.2, 0.25) is 17.5 Å². The average molecular weight is 265 g/mol. The van der Waals surface area contributed by atoms with Gasteiger partial charge in [0.05, 0.1) is 18.1 Å². The monoisotopic (exact) mass is 265 g/mol. The van der Waals surface area contributed by atoms with E-state index < -0.39 is 45.8 Å². The number of carbonyl (C=O) groups is 2. The maximum absolute atomic E-state index is 11.8.